The zero-order chi connectivity index (χ0) is 15.6. The summed E-state index contributed by atoms with van der Waals surface area (Å²) < 4.78 is 1.87. The molecule has 2 aromatic rings. The minimum Gasteiger partial charge on any atom is -0.381 e. The van der Waals surface area contributed by atoms with E-state index in [1.54, 1.807) is 0 Å². The molecule has 4 nitrogen and oxygen atoms in total. The zero-order valence-electron chi connectivity index (χ0n) is 13.3. The van der Waals surface area contributed by atoms with Crippen LogP contribution in [-0.2, 0) is 13.6 Å². The van der Waals surface area contributed by atoms with E-state index in [4.69, 9.17) is 11.6 Å². The molecule has 0 aliphatic rings. The number of hydrogen-bond acceptors (Lipinski definition) is 3. The molecule has 0 aliphatic heterocycles. The lowest BCUT2D eigenvalue weighted by atomic mass is 10.1. The summed E-state index contributed by atoms with van der Waals surface area (Å²) in [6.07, 6.45) is 2.07. The molecule has 0 bridgehead atoms. The van der Waals surface area contributed by atoms with E-state index < -0.39 is 0 Å². The summed E-state index contributed by atoms with van der Waals surface area (Å²) in [5.41, 5.74) is 4.40. The molecular formula is C16H23ClN4. The molecule has 0 radical (unpaired) electrons. The summed E-state index contributed by atoms with van der Waals surface area (Å²) >= 11 is 6.29. The molecule has 0 fully saturated rings. The molecule has 0 atom stereocenters. The van der Waals surface area contributed by atoms with Crippen LogP contribution in [0.15, 0.2) is 24.4 Å². The number of aryl methyl sites for hydroxylation is 1. The van der Waals surface area contributed by atoms with Crippen LogP contribution in [-0.4, -0.2) is 23.9 Å². The van der Waals surface area contributed by atoms with Crippen LogP contribution in [0.5, 0.6) is 0 Å². The Kier molecular flexibility index (Phi) is 4.78. The van der Waals surface area contributed by atoms with E-state index in [9.17, 15) is 0 Å². The second-order valence-corrected chi connectivity index (χ2v) is 6.19. The summed E-state index contributed by atoms with van der Waals surface area (Å²) in [5, 5.41) is 8.69. The number of nitrogens with one attached hydrogen (secondary N) is 1. The van der Waals surface area contributed by atoms with Gasteiger partial charge in [-0.3, -0.25) is 4.68 Å². The average Bonchev–Trinajstić information content (AvgIpc) is 2.77. The Bertz CT molecular complexity index is 617. The van der Waals surface area contributed by atoms with Gasteiger partial charge in [-0.2, -0.15) is 5.10 Å². The highest BCUT2D eigenvalue weighted by molar-refractivity contribution is 6.33. The van der Waals surface area contributed by atoms with E-state index in [2.05, 4.69) is 30.5 Å². The minimum absolute atomic E-state index is 0.419. The Morgan fingerprint density at radius 1 is 1.33 bits per heavy atom. The molecule has 21 heavy (non-hydrogen) atoms. The van der Waals surface area contributed by atoms with Gasteiger partial charge < -0.3 is 10.2 Å². The lowest BCUT2D eigenvalue weighted by Crippen LogP contribution is -2.09. The normalized spacial score (nSPS) is 11.0. The van der Waals surface area contributed by atoms with Crippen molar-refractivity contribution in [2.24, 2.45) is 7.05 Å². The Hall–Kier alpha value is -1.68. The van der Waals surface area contributed by atoms with Gasteiger partial charge in [-0.25, -0.2) is 0 Å². The molecule has 0 amide bonds. The Balaban J connectivity index is 2.12. The molecule has 1 aromatic carbocycles. The number of aromatic nitrogens is 2. The SMILES string of the molecule is CC(C)c1nn(C)cc1CNc1ccc(N(C)C)c(Cl)c1. The average molecular weight is 307 g/mol. The van der Waals surface area contributed by atoms with Gasteiger partial charge in [0.1, 0.15) is 0 Å². The molecule has 0 unspecified atom stereocenters. The molecule has 2 rings (SSSR count). The van der Waals surface area contributed by atoms with Crippen molar-refractivity contribution in [1.82, 2.24) is 9.78 Å². The molecule has 1 N–H and O–H groups in total. The summed E-state index contributed by atoms with van der Waals surface area (Å²) in [4.78, 5) is 2.00. The van der Waals surface area contributed by atoms with Gasteiger partial charge in [0.2, 0.25) is 0 Å². The second kappa shape index (κ2) is 6.39. The topological polar surface area (TPSA) is 33.1 Å². The number of benzene rings is 1. The third kappa shape index (κ3) is 3.70. The van der Waals surface area contributed by atoms with E-state index in [1.807, 2.05) is 48.9 Å². The van der Waals surface area contributed by atoms with E-state index in [0.29, 0.717) is 5.92 Å². The van der Waals surface area contributed by atoms with Crippen LogP contribution < -0.4 is 10.2 Å². The van der Waals surface area contributed by atoms with Crippen LogP contribution >= 0.6 is 11.6 Å². The van der Waals surface area contributed by atoms with Gasteiger partial charge in [0.25, 0.3) is 0 Å². The van der Waals surface area contributed by atoms with E-state index in [0.717, 1.165) is 28.6 Å². The van der Waals surface area contributed by atoms with Crippen molar-refractivity contribution in [1.29, 1.82) is 0 Å². The third-order valence-electron chi connectivity index (χ3n) is 3.40. The third-order valence-corrected chi connectivity index (χ3v) is 3.70. The van der Waals surface area contributed by atoms with Crippen LogP contribution in [0.2, 0.25) is 5.02 Å². The molecule has 0 saturated carbocycles. The van der Waals surface area contributed by atoms with E-state index in [1.165, 1.54) is 5.56 Å². The zero-order valence-corrected chi connectivity index (χ0v) is 14.1. The highest BCUT2D eigenvalue weighted by Gasteiger charge is 2.11. The van der Waals surface area contributed by atoms with Crippen LogP contribution in [0.3, 0.4) is 0 Å². The van der Waals surface area contributed by atoms with E-state index in [-0.39, 0.29) is 0 Å². The summed E-state index contributed by atoms with van der Waals surface area (Å²) in [5.74, 6) is 0.419. The van der Waals surface area contributed by atoms with Gasteiger partial charge in [-0.1, -0.05) is 25.4 Å². The van der Waals surface area contributed by atoms with Gasteiger partial charge in [0.15, 0.2) is 0 Å². The first-order chi connectivity index (χ1) is 9.88. The monoisotopic (exact) mass is 306 g/mol. The Labute approximate surface area is 131 Å². The first kappa shape index (κ1) is 15.7. The predicted octanol–water partition coefficient (Wildman–Crippen LogP) is 3.88. The van der Waals surface area contributed by atoms with Crippen molar-refractivity contribution in [3.63, 3.8) is 0 Å². The Morgan fingerprint density at radius 3 is 2.62 bits per heavy atom. The summed E-state index contributed by atoms with van der Waals surface area (Å²) in [6.45, 7) is 5.07. The summed E-state index contributed by atoms with van der Waals surface area (Å²) in [6, 6.07) is 6.03. The van der Waals surface area contributed by atoms with Gasteiger partial charge >= 0.3 is 0 Å². The van der Waals surface area contributed by atoms with E-state index >= 15 is 0 Å². The van der Waals surface area contributed by atoms with Gasteiger partial charge in [-0.05, 0) is 24.1 Å². The number of anilines is 2. The molecule has 1 aromatic heterocycles. The molecule has 5 heteroatoms. The molecule has 0 saturated heterocycles. The fourth-order valence-corrected chi connectivity index (χ4v) is 2.70. The van der Waals surface area contributed by atoms with Crippen LogP contribution in [0.4, 0.5) is 11.4 Å². The largest absolute Gasteiger partial charge is 0.381 e. The quantitative estimate of drug-likeness (QED) is 0.910. The minimum atomic E-state index is 0.419. The fraction of sp³-hybridized carbons (Fsp3) is 0.438. The van der Waals surface area contributed by atoms with Gasteiger partial charge in [0.05, 0.1) is 16.4 Å². The van der Waals surface area contributed by atoms with Crippen molar-refractivity contribution < 1.29 is 0 Å². The first-order valence-electron chi connectivity index (χ1n) is 7.11. The van der Waals surface area contributed by atoms with Crippen molar-refractivity contribution >= 4 is 23.0 Å². The van der Waals surface area contributed by atoms with Gasteiger partial charge in [-0.15, -0.1) is 0 Å². The fourth-order valence-electron chi connectivity index (χ4n) is 2.35. The van der Waals surface area contributed by atoms with Gasteiger partial charge in [0, 0.05) is 45.1 Å². The number of nitrogens with zero attached hydrogens (tertiary/aromatic N) is 3. The first-order valence-corrected chi connectivity index (χ1v) is 7.49. The number of rotatable bonds is 5. The smallest absolute Gasteiger partial charge is 0.0699 e. The standard InChI is InChI=1S/C16H23ClN4/c1-11(2)16-12(10-21(5)19-16)9-18-13-6-7-15(20(3)4)14(17)8-13/h6-8,10-11,18H,9H2,1-5H3. The highest BCUT2D eigenvalue weighted by atomic mass is 35.5. The lowest BCUT2D eigenvalue weighted by molar-refractivity contribution is 0.712. The lowest BCUT2D eigenvalue weighted by Gasteiger charge is -2.16. The number of halogens is 1. The molecule has 0 spiro atoms. The van der Waals surface area contributed by atoms with Crippen LogP contribution in [0, 0.1) is 0 Å². The highest BCUT2D eigenvalue weighted by Crippen LogP contribution is 2.28. The maximum absolute atomic E-state index is 6.29. The molecule has 1 heterocycles. The number of hydrogen-bond donors (Lipinski definition) is 1. The van der Waals surface area contributed by atoms with Crippen molar-refractivity contribution in [3.05, 3.63) is 40.7 Å². The van der Waals surface area contributed by atoms with Crippen molar-refractivity contribution in [2.75, 3.05) is 24.3 Å². The molecule has 0 aliphatic carbocycles. The van der Waals surface area contributed by atoms with Crippen LogP contribution in [0.1, 0.15) is 31.0 Å². The van der Waals surface area contributed by atoms with Crippen molar-refractivity contribution in [3.8, 4) is 0 Å². The predicted molar refractivity (Wildman–Crippen MR) is 90.4 cm³/mol. The maximum Gasteiger partial charge on any atom is 0.0699 e. The van der Waals surface area contributed by atoms with Crippen LogP contribution in [0.25, 0.3) is 0 Å². The second-order valence-electron chi connectivity index (χ2n) is 5.78. The summed E-state index contributed by atoms with van der Waals surface area (Å²) in [7, 11) is 5.93. The Morgan fingerprint density at radius 2 is 2.05 bits per heavy atom. The molecule has 114 valence electrons. The van der Waals surface area contributed by atoms with Crippen molar-refractivity contribution in [2.45, 2.75) is 26.3 Å². The molecular weight excluding hydrogens is 284 g/mol. The maximum atomic E-state index is 6.29.